The lowest BCUT2D eigenvalue weighted by atomic mass is 10.1. The molecule has 1 fully saturated rings. The molecule has 34 heavy (non-hydrogen) atoms. The van der Waals surface area contributed by atoms with Crippen LogP contribution in [0.2, 0.25) is 0 Å². The van der Waals surface area contributed by atoms with Crippen LogP contribution < -0.4 is 14.4 Å². The van der Waals surface area contributed by atoms with Crippen molar-refractivity contribution in [2.75, 3.05) is 45.3 Å². The number of fused-ring (bicyclic) bond motifs is 1. The fraction of sp³-hybridized carbons (Fsp3) is 0.480. The summed E-state index contributed by atoms with van der Waals surface area (Å²) >= 11 is 0. The van der Waals surface area contributed by atoms with Crippen molar-refractivity contribution in [3.05, 3.63) is 35.7 Å². The predicted molar refractivity (Wildman–Crippen MR) is 131 cm³/mol. The minimum absolute atomic E-state index is 0.268. The van der Waals surface area contributed by atoms with Gasteiger partial charge in [-0.2, -0.15) is 5.10 Å². The largest absolute Gasteiger partial charge is 0.493 e. The highest BCUT2D eigenvalue weighted by molar-refractivity contribution is 5.77. The van der Waals surface area contributed by atoms with E-state index in [2.05, 4.69) is 11.0 Å². The van der Waals surface area contributed by atoms with E-state index in [1.54, 1.807) is 19.1 Å². The molecule has 1 aromatic carbocycles. The first-order chi connectivity index (χ1) is 16.1. The van der Waals surface area contributed by atoms with Crippen LogP contribution in [0.4, 0.5) is 10.5 Å². The van der Waals surface area contributed by atoms with E-state index < -0.39 is 5.60 Å². The number of imidazole rings is 1. The molecule has 0 radical (unpaired) electrons. The molecule has 1 aliphatic heterocycles. The molecule has 1 saturated heterocycles. The molecule has 0 atom stereocenters. The van der Waals surface area contributed by atoms with E-state index in [0.717, 1.165) is 34.0 Å². The smallest absolute Gasteiger partial charge is 0.410 e. The molecule has 0 bridgehead atoms. The van der Waals surface area contributed by atoms with Crippen LogP contribution in [0.5, 0.6) is 11.5 Å². The van der Waals surface area contributed by atoms with Gasteiger partial charge in [0.25, 0.3) is 0 Å². The second-order valence-electron chi connectivity index (χ2n) is 9.48. The van der Waals surface area contributed by atoms with Crippen LogP contribution in [-0.2, 0) is 4.74 Å². The summed E-state index contributed by atoms with van der Waals surface area (Å²) in [4.78, 5) is 21.4. The van der Waals surface area contributed by atoms with Gasteiger partial charge < -0.3 is 24.0 Å². The Morgan fingerprint density at radius 1 is 0.971 bits per heavy atom. The first kappa shape index (κ1) is 23.7. The monoisotopic (exact) mass is 467 g/mol. The van der Waals surface area contributed by atoms with Gasteiger partial charge in [0.1, 0.15) is 5.60 Å². The zero-order valence-electron chi connectivity index (χ0n) is 21.0. The number of amides is 1. The van der Waals surface area contributed by atoms with E-state index in [4.69, 9.17) is 24.3 Å². The maximum absolute atomic E-state index is 12.5. The van der Waals surface area contributed by atoms with Crippen LogP contribution >= 0.6 is 0 Å². The van der Waals surface area contributed by atoms with Crippen molar-refractivity contribution < 1.29 is 19.0 Å². The molecule has 0 unspecified atom stereocenters. The number of ether oxygens (including phenoxy) is 3. The van der Waals surface area contributed by atoms with Crippen molar-refractivity contribution in [2.45, 2.75) is 40.2 Å². The third-order valence-corrected chi connectivity index (χ3v) is 5.79. The molecule has 0 aliphatic carbocycles. The number of carbonyl (C=O) groups is 1. The van der Waals surface area contributed by atoms with E-state index in [0.29, 0.717) is 37.7 Å². The first-order valence-corrected chi connectivity index (χ1v) is 11.4. The Bertz CT molecular complexity index is 1210. The van der Waals surface area contributed by atoms with Gasteiger partial charge in [-0.15, -0.1) is 0 Å². The fourth-order valence-corrected chi connectivity index (χ4v) is 4.23. The second kappa shape index (κ2) is 9.04. The van der Waals surface area contributed by atoms with Gasteiger partial charge in [-0.05, 0) is 58.9 Å². The number of benzene rings is 1. The van der Waals surface area contributed by atoms with Gasteiger partial charge in [-0.1, -0.05) is 0 Å². The van der Waals surface area contributed by atoms with E-state index >= 15 is 0 Å². The van der Waals surface area contributed by atoms with Gasteiger partial charge in [-0.3, -0.25) is 0 Å². The summed E-state index contributed by atoms with van der Waals surface area (Å²) in [5.74, 6) is 1.32. The lowest BCUT2D eigenvalue weighted by Crippen LogP contribution is -2.50. The van der Waals surface area contributed by atoms with Crippen molar-refractivity contribution in [1.29, 1.82) is 0 Å². The van der Waals surface area contributed by atoms with Gasteiger partial charge in [0.15, 0.2) is 17.1 Å². The number of rotatable bonds is 4. The van der Waals surface area contributed by atoms with Crippen molar-refractivity contribution in [3.8, 4) is 22.8 Å². The summed E-state index contributed by atoms with van der Waals surface area (Å²) in [5, 5.41) is 4.78. The number of aryl methyl sites for hydroxylation is 2. The number of hydrogen-bond donors (Lipinski definition) is 0. The number of carbonyl (C=O) groups excluding carboxylic acids is 1. The highest BCUT2D eigenvalue weighted by atomic mass is 16.6. The molecule has 0 spiro atoms. The average molecular weight is 468 g/mol. The quantitative estimate of drug-likeness (QED) is 0.572. The predicted octanol–water partition coefficient (Wildman–Crippen LogP) is 4.09. The molecule has 182 valence electrons. The first-order valence-electron chi connectivity index (χ1n) is 11.4. The molecule has 9 heteroatoms. The molecule has 4 rings (SSSR count). The summed E-state index contributed by atoms with van der Waals surface area (Å²) in [6.45, 7) is 12.2. The number of piperazine rings is 1. The van der Waals surface area contributed by atoms with E-state index in [1.807, 2.05) is 57.3 Å². The van der Waals surface area contributed by atoms with Crippen molar-refractivity contribution in [2.24, 2.45) is 0 Å². The molecule has 2 aromatic heterocycles. The molecule has 1 amide bonds. The summed E-state index contributed by atoms with van der Waals surface area (Å²) < 4.78 is 18.3. The van der Waals surface area contributed by atoms with Gasteiger partial charge >= 0.3 is 6.09 Å². The van der Waals surface area contributed by atoms with Crippen molar-refractivity contribution in [3.63, 3.8) is 0 Å². The molecule has 1 aliphatic rings. The molecule has 0 N–H and O–H groups in total. The number of hydrogen-bond acceptors (Lipinski definition) is 7. The Morgan fingerprint density at radius 2 is 1.65 bits per heavy atom. The van der Waals surface area contributed by atoms with Crippen LogP contribution in [0, 0.1) is 13.8 Å². The Hall–Kier alpha value is -3.49. The van der Waals surface area contributed by atoms with Crippen LogP contribution in [0.3, 0.4) is 0 Å². The van der Waals surface area contributed by atoms with Crippen LogP contribution in [0.1, 0.15) is 32.2 Å². The highest BCUT2D eigenvalue weighted by Gasteiger charge is 2.28. The van der Waals surface area contributed by atoms with Crippen molar-refractivity contribution >= 4 is 17.4 Å². The summed E-state index contributed by atoms with van der Waals surface area (Å²) in [5.41, 5.74) is 4.91. The number of aromatic nitrogens is 3. The Morgan fingerprint density at radius 3 is 2.26 bits per heavy atom. The molecule has 0 saturated carbocycles. The van der Waals surface area contributed by atoms with Crippen LogP contribution in [-0.4, -0.2) is 71.6 Å². The van der Waals surface area contributed by atoms with Crippen molar-refractivity contribution in [1.82, 2.24) is 19.5 Å². The fourth-order valence-electron chi connectivity index (χ4n) is 4.23. The lowest BCUT2D eigenvalue weighted by Gasteiger charge is -2.36. The minimum Gasteiger partial charge on any atom is -0.493 e. The minimum atomic E-state index is -0.503. The summed E-state index contributed by atoms with van der Waals surface area (Å²) in [6.07, 6.45) is -0.268. The average Bonchev–Trinajstić information content (AvgIpc) is 3.12. The zero-order chi connectivity index (χ0) is 24.6. The second-order valence-corrected chi connectivity index (χ2v) is 9.48. The van der Waals surface area contributed by atoms with Crippen LogP contribution in [0.15, 0.2) is 24.3 Å². The zero-order valence-corrected chi connectivity index (χ0v) is 21.0. The van der Waals surface area contributed by atoms with E-state index in [9.17, 15) is 4.79 Å². The van der Waals surface area contributed by atoms with Gasteiger partial charge in [0.2, 0.25) is 0 Å². The standard InChI is InChI=1S/C25H33N5O4/c1-16-14-19(28-10-12-29(13-11-28)24(31)34-25(3,4)5)23-26-17(2)22(30(23)27-16)18-8-9-20(32-6)21(15-18)33-7/h8-9,14-15H,10-13H2,1-7H3. The molecular formula is C25H33N5O4. The topological polar surface area (TPSA) is 81.4 Å². The number of nitrogens with zero attached hydrogens (tertiary/aromatic N) is 5. The van der Waals surface area contributed by atoms with Gasteiger partial charge in [0.05, 0.1) is 37.0 Å². The number of methoxy groups -OCH3 is 2. The molecular weight excluding hydrogens is 434 g/mol. The van der Waals surface area contributed by atoms with Gasteiger partial charge in [-0.25, -0.2) is 14.3 Å². The highest BCUT2D eigenvalue weighted by Crippen LogP contribution is 2.35. The molecule has 3 heterocycles. The summed E-state index contributed by atoms with van der Waals surface area (Å²) in [7, 11) is 3.25. The Balaban J connectivity index is 1.66. The third-order valence-electron chi connectivity index (χ3n) is 5.79. The van der Waals surface area contributed by atoms with E-state index in [-0.39, 0.29) is 6.09 Å². The Labute approximate surface area is 200 Å². The lowest BCUT2D eigenvalue weighted by molar-refractivity contribution is 0.0240. The van der Waals surface area contributed by atoms with E-state index in [1.165, 1.54) is 0 Å². The summed E-state index contributed by atoms with van der Waals surface area (Å²) in [6, 6.07) is 7.88. The normalized spacial score (nSPS) is 14.4. The third kappa shape index (κ3) is 4.60. The maximum atomic E-state index is 12.5. The molecule has 9 nitrogen and oxygen atoms in total. The SMILES string of the molecule is COc1ccc(-c2c(C)nc3c(N4CCN(C(=O)OC(C)(C)C)CC4)cc(C)nn23)cc1OC. The van der Waals surface area contributed by atoms with Crippen LogP contribution in [0.25, 0.3) is 16.9 Å². The van der Waals surface area contributed by atoms with Gasteiger partial charge in [0, 0.05) is 31.7 Å². The molecule has 3 aromatic rings. The maximum Gasteiger partial charge on any atom is 0.410 e. The number of anilines is 1. The Kier molecular flexibility index (Phi) is 6.29.